The van der Waals surface area contributed by atoms with Gasteiger partial charge in [-0.1, -0.05) is 13.0 Å². The molecule has 14 heavy (non-hydrogen) atoms. The summed E-state index contributed by atoms with van der Waals surface area (Å²) in [7, 11) is 0. The Morgan fingerprint density at radius 3 is 2.86 bits per heavy atom. The molecule has 0 saturated carbocycles. The fourth-order valence-corrected chi connectivity index (χ4v) is 1.69. The summed E-state index contributed by atoms with van der Waals surface area (Å²) in [6.07, 6.45) is 2.91. The fraction of sp³-hybridized carbons (Fsp3) is 0.364. The van der Waals surface area contributed by atoms with Gasteiger partial charge in [-0.05, 0) is 24.8 Å². The van der Waals surface area contributed by atoms with Crippen LogP contribution >= 0.6 is 11.8 Å². The summed E-state index contributed by atoms with van der Waals surface area (Å²) in [5, 5.41) is 8.99. The first-order valence-corrected chi connectivity index (χ1v) is 5.75. The molecule has 2 nitrogen and oxygen atoms in total. The van der Waals surface area contributed by atoms with Crippen LogP contribution < -0.4 is 4.74 Å². The van der Waals surface area contributed by atoms with Gasteiger partial charge in [0.05, 0.1) is 6.61 Å². The first-order valence-electron chi connectivity index (χ1n) is 4.53. The van der Waals surface area contributed by atoms with Gasteiger partial charge in [-0.2, -0.15) is 5.26 Å². The Labute approximate surface area is 88.9 Å². The summed E-state index contributed by atoms with van der Waals surface area (Å²) in [4.78, 5) is 0.973. The molecule has 1 aromatic carbocycles. The molecule has 0 radical (unpaired) electrons. The zero-order chi connectivity index (χ0) is 10.4. The lowest BCUT2D eigenvalue weighted by molar-refractivity contribution is 0.316. The van der Waals surface area contributed by atoms with Crippen LogP contribution in [-0.2, 0) is 0 Å². The van der Waals surface area contributed by atoms with E-state index in [2.05, 4.69) is 6.07 Å². The standard InChI is InChI=1S/C11H13NOS/c1-3-7-13-10-5-4-6-11(14-2)9(10)8-12/h4-6H,3,7H2,1-2H3. The van der Waals surface area contributed by atoms with E-state index in [1.807, 2.05) is 31.4 Å². The molecule has 0 spiro atoms. The van der Waals surface area contributed by atoms with Crippen molar-refractivity contribution in [2.45, 2.75) is 18.2 Å². The van der Waals surface area contributed by atoms with E-state index in [-0.39, 0.29) is 0 Å². The molecule has 0 amide bonds. The fourth-order valence-electron chi connectivity index (χ4n) is 1.12. The third-order valence-corrected chi connectivity index (χ3v) is 2.56. The van der Waals surface area contributed by atoms with Crippen molar-refractivity contribution in [1.82, 2.24) is 0 Å². The average Bonchev–Trinajstić information content (AvgIpc) is 2.25. The second-order valence-corrected chi connectivity index (χ2v) is 3.64. The van der Waals surface area contributed by atoms with E-state index in [0.29, 0.717) is 17.9 Å². The van der Waals surface area contributed by atoms with Crippen molar-refractivity contribution in [2.75, 3.05) is 12.9 Å². The zero-order valence-electron chi connectivity index (χ0n) is 8.41. The van der Waals surface area contributed by atoms with Gasteiger partial charge in [-0.15, -0.1) is 11.8 Å². The number of rotatable bonds is 4. The van der Waals surface area contributed by atoms with Crippen LogP contribution in [0.15, 0.2) is 23.1 Å². The van der Waals surface area contributed by atoms with E-state index in [0.717, 1.165) is 11.3 Å². The van der Waals surface area contributed by atoms with Gasteiger partial charge in [0, 0.05) is 4.90 Å². The molecule has 0 aliphatic heterocycles. The minimum Gasteiger partial charge on any atom is -0.492 e. The number of hydrogen-bond donors (Lipinski definition) is 0. The van der Waals surface area contributed by atoms with Gasteiger partial charge in [0.1, 0.15) is 17.4 Å². The Morgan fingerprint density at radius 1 is 1.50 bits per heavy atom. The highest BCUT2D eigenvalue weighted by molar-refractivity contribution is 7.98. The van der Waals surface area contributed by atoms with Crippen molar-refractivity contribution in [1.29, 1.82) is 5.26 Å². The molecule has 0 aliphatic carbocycles. The van der Waals surface area contributed by atoms with Crippen LogP contribution in [0.5, 0.6) is 5.75 Å². The summed E-state index contributed by atoms with van der Waals surface area (Å²) >= 11 is 1.57. The van der Waals surface area contributed by atoms with Crippen molar-refractivity contribution in [2.24, 2.45) is 0 Å². The topological polar surface area (TPSA) is 33.0 Å². The van der Waals surface area contributed by atoms with E-state index in [4.69, 9.17) is 10.00 Å². The van der Waals surface area contributed by atoms with Crippen molar-refractivity contribution in [3.63, 3.8) is 0 Å². The normalized spacial score (nSPS) is 9.50. The Hall–Kier alpha value is -1.14. The highest BCUT2D eigenvalue weighted by Crippen LogP contribution is 2.27. The van der Waals surface area contributed by atoms with Gasteiger partial charge in [0.25, 0.3) is 0 Å². The quantitative estimate of drug-likeness (QED) is 0.711. The predicted molar refractivity (Wildman–Crippen MR) is 58.7 cm³/mol. The van der Waals surface area contributed by atoms with Gasteiger partial charge in [-0.3, -0.25) is 0 Å². The summed E-state index contributed by atoms with van der Waals surface area (Å²) in [5.41, 5.74) is 0.647. The van der Waals surface area contributed by atoms with Crippen LogP contribution in [0.1, 0.15) is 18.9 Å². The Kier molecular flexibility index (Phi) is 4.34. The van der Waals surface area contributed by atoms with Crippen LogP contribution in [0.4, 0.5) is 0 Å². The SMILES string of the molecule is CCCOc1cccc(SC)c1C#N. The maximum Gasteiger partial charge on any atom is 0.138 e. The van der Waals surface area contributed by atoms with Gasteiger partial charge in [0.15, 0.2) is 0 Å². The van der Waals surface area contributed by atoms with E-state index in [1.165, 1.54) is 0 Å². The van der Waals surface area contributed by atoms with Crippen LogP contribution in [-0.4, -0.2) is 12.9 Å². The Balaban J connectivity index is 2.98. The average molecular weight is 207 g/mol. The highest BCUT2D eigenvalue weighted by atomic mass is 32.2. The smallest absolute Gasteiger partial charge is 0.138 e. The number of hydrogen-bond acceptors (Lipinski definition) is 3. The molecule has 0 aromatic heterocycles. The highest BCUT2D eigenvalue weighted by Gasteiger charge is 2.07. The first kappa shape index (κ1) is 10.9. The molecule has 0 N–H and O–H groups in total. The zero-order valence-corrected chi connectivity index (χ0v) is 9.23. The summed E-state index contributed by atoms with van der Waals surface area (Å²) < 4.78 is 5.48. The van der Waals surface area contributed by atoms with Gasteiger partial charge < -0.3 is 4.74 Å². The van der Waals surface area contributed by atoms with Gasteiger partial charge in [0.2, 0.25) is 0 Å². The van der Waals surface area contributed by atoms with Crippen molar-refractivity contribution in [3.05, 3.63) is 23.8 Å². The van der Waals surface area contributed by atoms with E-state index in [1.54, 1.807) is 11.8 Å². The molecule has 0 aliphatic rings. The largest absolute Gasteiger partial charge is 0.492 e. The lowest BCUT2D eigenvalue weighted by Gasteiger charge is -2.08. The number of thioether (sulfide) groups is 1. The molecule has 0 atom stereocenters. The maximum atomic E-state index is 8.99. The second-order valence-electron chi connectivity index (χ2n) is 2.79. The summed E-state index contributed by atoms with van der Waals surface area (Å²) in [6.45, 7) is 2.71. The molecule has 0 heterocycles. The minimum atomic E-state index is 0.647. The lowest BCUT2D eigenvalue weighted by Crippen LogP contribution is -1.97. The summed E-state index contributed by atoms with van der Waals surface area (Å²) in [6, 6.07) is 7.87. The minimum absolute atomic E-state index is 0.647. The molecular formula is C11H13NOS. The molecule has 0 fully saturated rings. The lowest BCUT2D eigenvalue weighted by atomic mass is 10.2. The van der Waals surface area contributed by atoms with E-state index < -0.39 is 0 Å². The van der Waals surface area contributed by atoms with Crippen molar-refractivity contribution in [3.8, 4) is 11.8 Å². The third kappa shape index (κ3) is 2.43. The molecule has 0 bridgehead atoms. The Morgan fingerprint density at radius 2 is 2.29 bits per heavy atom. The van der Waals surface area contributed by atoms with Crippen LogP contribution in [0.2, 0.25) is 0 Å². The second kappa shape index (κ2) is 5.56. The number of benzene rings is 1. The third-order valence-electron chi connectivity index (χ3n) is 1.78. The molecule has 1 rings (SSSR count). The van der Waals surface area contributed by atoms with Gasteiger partial charge in [-0.25, -0.2) is 0 Å². The van der Waals surface area contributed by atoms with Crippen LogP contribution in [0.25, 0.3) is 0 Å². The molecule has 0 unspecified atom stereocenters. The first-order chi connectivity index (χ1) is 6.83. The molecular weight excluding hydrogens is 194 g/mol. The van der Waals surface area contributed by atoms with E-state index >= 15 is 0 Å². The van der Waals surface area contributed by atoms with Crippen molar-refractivity contribution >= 4 is 11.8 Å². The van der Waals surface area contributed by atoms with Crippen LogP contribution in [0, 0.1) is 11.3 Å². The summed E-state index contributed by atoms with van der Waals surface area (Å²) in [5.74, 6) is 0.696. The molecule has 3 heteroatoms. The van der Waals surface area contributed by atoms with E-state index in [9.17, 15) is 0 Å². The number of nitrogens with zero attached hydrogens (tertiary/aromatic N) is 1. The maximum absolute atomic E-state index is 8.99. The van der Waals surface area contributed by atoms with Gasteiger partial charge >= 0.3 is 0 Å². The molecule has 1 aromatic rings. The number of ether oxygens (including phenoxy) is 1. The number of nitriles is 1. The molecule has 0 saturated heterocycles. The van der Waals surface area contributed by atoms with Crippen molar-refractivity contribution < 1.29 is 4.74 Å². The predicted octanol–water partition coefficient (Wildman–Crippen LogP) is 3.07. The monoisotopic (exact) mass is 207 g/mol. The van der Waals surface area contributed by atoms with Crippen LogP contribution in [0.3, 0.4) is 0 Å². The molecule has 74 valence electrons. The Bertz CT molecular complexity index is 344.